The molecule has 0 bridgehead atoms. The van der Waals surface area contributed by atoms with Crippen molar-refractivity contribution in [2.24, 2.45) is 0 Å². The lowest BCUT2D eigenvalue weighted by atomic mass is 9.90. The van der Waals surface area contributed by atoms with Crippen LogP contribution in [0.4, 0.5) is 0 Å². The summed E-state index contributed by atoms with van der Waals surface area (Å²) in [5.74, 6) is 1.48. The van der Waals surface area contributed by atoms with Gasteiger partial charge in [-0.15, -0.1) is 0 Å². The summed E-state index contributed by atoms with van der Waals surface area (Å²) in [5, 5.41) is 0.769. The SMILES string of the molecule is CCCOc1cc(C)c(Cl)cc1C(CC)CCC(C)=O. The third kappa shape index (κ3) is 4.82. The maximum atomic E-state index is 11.2. The quantitative estimate of drug-likeness (QED) is 0.650. The van der Waals surface area contributed by atoms with Crippen LogP contribution in [0.1, 0.15) is 63.5 Å². The first-order chi connectivity index (χ1) is 9.49. The van der Waals surface area contributed by atoms with Crippen LogP contribution >= 0.6 is 11.6 Å². The van der Waals surface area contributed by atoms with Crippen molar-refractivity contribution in [2.45, 2.75) is 59.3 Å². The average molecular weight is 297 g/mol. The summed E-state index contributed by atoms with van der Waals surface area (Å²) in [4.78, 5) is 11.2. The van der Waals surface area contributed by atoms with E-state index in [0.717, 1.165) is 41.2 Å². The first-order valence-electron chi connectivity index (χ1n) is 7.41. The average Bonchev–Trinajstić information content (AvgIpc) is 2.41. The van der Waals surface area contributed by atoms with Crippen molar-refractivity contribution < 1.29 is 9.53 Å². The molecule has 0 aliphatic rings. The molecule has 0 spiro atoms. The normalized spacial score (nSPS) is 12.2. The minimum Gasteiger partial charge on any atom is -0.493 e. The summed E-state index contributed by atoms with van der Waals surface area (Å²) >= 11 is 6.26. The Kier molecular flexibility index (Phi) is 7.08. The van der Waals surface area contributed by atoms with Crippen LogP contribution < -0.4 is 4.74 Å². The monoisotopic (exact) mass is 296 g/mol. The van der Waals surface area contributed by atoms with E-state index >= 15 is 0 Å². The first-order valence-corrected chi connectivity index (χ1v) is 7.79. The lowest BCUT2D eigenvalue weighted by Crippen LogP contribution is -2.06. The Labute approximate surface area is 127 Å². The summed E-state index contributed by atoms with van der Waals surface area (Å²) in [6.45, 7) is 8.57. The largest absolute Gasteiger partial charge is 0.493 e. The van der Waals surface area contributed by atoms with Gasteiger partial charge in [-0.05, 0) is 62.3 Å². The molecule has 1 unspecified atom stereocenters. The fraction of sp³-hybridized carbons (Fsp3) is 0.588. The van der Waals surface area contributed by atoms with Gasteiger partial charge >= 0.3 is 0 Å². The molecule has 0 aliphatic carbocycles. The predicted octanol–water partition coefficient (Wildman–Crippen LogP) is 5.30. The highest BCUT2D eigenvalue weighted by Gasteiger charge is 2.17. The topological polar surface area (TPSA) is 26.3 Å². The lowest BCUT2D eigenvalue weighted by Gasteiger charge is -2.20. The van der Waals surface area contributed by atoms with Gasteiger partial charge in [0.05, 0.1) is 6.61 Å². The van der Waals surface area contributed by atoms with Gasteiger partial charge in [-0.1, -0.05) is 25.4 Å². The van der Waals surface area contributed by atoms with E-state index in [1.807, 2.05) is 19.1 Å². The minimum absolute atomic E-state index is 0.234. The van der Waals surface area contributed by atoms with Gasteiger partial charge in [-0.2, -0.15) is 0 Å². The predicted molar refractivity (Wildman–Crippen MR) is 84.9 cm³/mol. The smallest absolute Gasteiger partial charge is 0.129 e. The molecular weight excluding hydrogens is 272 g/mol. The summed E-state index contributed by atoms with van der Waals surface area (Å²) in [7, 11) is 0. The number of ketones is 1. The number of ether oxygens (including phenoxy) is 1. The van der Waals surface area contributed by atoms with Crippen LogP contribution in [0, 0.1) is 6.92 Å². The Morgan fingerprint density at radius 1 is 1.35 bits per heavy atom. The van der Waals surface area contributed by atoms with Gasteiger partial charge < -0.3 is 9.53 Å². The Hall–Kier alpha value is -1.02. The van der Waals surface area contributed by atoms with Crippen molar-refractivity contribution in [3.8, 4) is 5.75 Å². The van der Waals surface area contributed by atoms with Crippen LogP contribution in [0.25, 0.3) is 0 Å². The summed E-state index contributed by atoms with van der Waals surface area (Å²) < 4.78 is 5.87. The van der Waals surface area contributed by atoms with Gasteiger partial charge in [-0.25, -0.2) is 0 Å². The van der Waals surface area contributed by atoms with E-state index < -0.39 is 0 Å². The number of Topliss-reactive ketones (excluding diaryl/α,β-unsaturated/α-hetero) is 1. The molecule has 0 saturated heterocycles. The van der Waals surface area contributed by atoms with Crippen LogP contribution in [0.5, 0.6) is 5.75 Å². The molecule has 1 aromatic carbocycles. The molecule has 1 aromatic rings. The van der Waals surface area contributed by atoms with Crippen LogP contribution in [0.2, 0.25) is 5.02 Å². The number of aryl methyl sites for hydroxylation is 1. The fourth-order valence-corrected chi connectivity index (χ4v) is 2.46. The lowest BCUT2D eigenvalue weighted by molar-refractivity contribution is -0.117. The first kappa shape index (κ1) is 17.0. The van der Waals surface area contributed by atoms with E-state index in [1.54, 1.807) is 6.92 Å². The van der Waals surface area contributed by atoms with Crippen molar-refractivity contribution in [1.82, 2.24) is 0 Å². The molecule has 0 N–H and O–H groups in total. The van der Waals surface area contributed by atoms with E-state index in [4.69, 9.17) is 16.3 Å². The third-order valence-corrected chi connectivity index (χ3v) is 3.94. The number of carbonyl (C=O) groups excluding carboxylic acids is 1. The van der Waals surface area contributed by atoms with Gasteiger partial charge in [-0.3, -0.25) is 0 Å². The molecule has 0 saturated carbocycles. The second kappa shape index (κ2) is 8.31. The number of halogens is 1. The summed E-state index contributed by atoms with van der Waals surface area (Å²) in [6, 6.07) is 4.03. The highest BCUT2D eigenvalue weighted by Crippen LogP contribution is 2.36. The molecule has 0 radical (unpaired) electrons. The molecule has 1 atom stereocenters. The van der Waals surface area contributed by atoms with E-state index in [1.165, 1.54) is 0 Å². The highest BCUT2D eigenvalue weighted by molar-refractivity contribution is 6.31. The van der Waals surface area contributed by atoms with Gasteiger partial charge in [0, 0.05) is 11.4 Å². The van der Waals surface area contributed by atoms with Crippen molar-refractivity contribution >= 4 is 17.4 Å². The summed E-state index contributed by atoms with van der Waals surface area (Å²) in [5.41, 5.74) is 2.17. The Balaban J connectivity index is 3.04. The van der Waals surface area contributed by atoms with Gasteiger partial charge in [0.25, 0.3) is 0 Å². The van der Waals surface area contributed by atoms with Gasteiger partial charge in [0.1, 0.15) is 11.5 Å². The van der Waals surface area contributed by atoms with Crippen molar-refractivity contribution in [1.29, 1.82) is 0 Å². The van der Waals surface area contributed by atoms with Crippen molar-refractivity contribution in [2.75, 3.05) is 6.61 Å². The Morgan fingerprint density at radius 2 is 2.05 bits per heavy atom. The molecule has 1 rings (SSSR count). The number of hydrogen-bond acceptors (Lipinski definition) is 2. The maximum Gasteiger partial charge on any atom is 0.129 e. The second-order valence-corrected chi connectivity index (χ2v) is 5.74. The molecule has 112 valence electrons. The van der Waals surface area contributed by atoms with Gasteiger partial charge in [0.2, 0.25) is 0 Å². The number of hydrogen-bond donors (Lipinski definition) is 0. The fourth-order valence-electron chi connectivity index (χ4n) is 2.28. The zero-order valence-electron chi connectivity index (χ0n) is 13.0. The standard InChI is InChI=1S/C17H25ClO2/c1-5-9-20-17-10-12(3)16(18)11-15(17)14(6-2)8-7-13(4)19/h10-11,14H,5-9H2,1-4H3. The zero-order valence-corrected chi connectivity index (χ0v) is 13.7. The number of rotatable bonds is 8. The van der Waals surface area contributed by atoms with Crippen molar-refractivity contribution in [3.63, 3.8) is 0 Å². The molecule has 0 aromatic heterocycles. The molecule has 0 fully saturated rings. The third-order valence-electron chi connectivity index (χ3n) is 3.53. The van der Waals surface area contributed by atoms with E-state index in [0.29, 0.717) is 18.9 Å². The number of carbonyl (C=O) groups is 1. The minimum atomic E-state index is 0.234. The zero-order chi connectivity index (χ0) is 15.1. The second-order valence-electron chi connectivity index (χ2n) is 5.33. The molecule has 3 heteroatoms. The summed E-state index contributed by atoms with van der Waals surface area (Å²) in [6.07, 6.45) is 3.42. The Morgan fingerprint density at radius 3 is 2.60 bits per heavy atom. The highest BCUT2D eigenvalue weighted by atomic mass is 35.5. The van der Waals surface area contributed by atoms with Crippen LogP contribution in [0.15, 0.2) is 12.1 Å². The van der Waals surface area contributed by atoms with Crippen LogP contribution in [-0.4, -0.2) is 12.4 Å². The molecular formula is C17H25ClO2. The van der Waals surface area contributed by atoms with E-state index in [9.17, 15) is 4.79 Å². The maximum absolute atomic E-state index is 11.2. The molecule has 20 heavy (non-hydrogen) atoms. The van der Waals surface area contributed by atoms with E-state index in [2.05, 4.69) is 13.8 Å². The molecule has 2 nitrogen and oxygen atoms in total. The van der Waals surface area contributed by atoms with Gasteiger partial charge in [0.15, 0.2) is 0 Å². The van der Waals surface area contributed by atoms with E-state index in [-0.39, 0.29) is 5.78 Å². The molecule has 0 heterocycles. The molecule has 0 amide bonds. The molecule has 0 aliphatic heterocycles. The van der Waals surface area contributed by atoms with Crippen LogP contribution in [-0.2, 0) is 4.79 Å². The number of benzene rings is 1. The van der Waals surface area contributed by atoms with Crippen molar-refractivity contribution in [3.05, 3.63) is 28.3 Å². The Bertz CT molecular complexity index is 455. The van der Waals surface area contributed by atoms with Crippen LogP contribution in [0.3, 0.4) is 0 Å².